The molecule has 0 radical (unpaired) electrons. The number of rotatable bonds is 6. The normalized spacial score (nSPS) is 15.6. The molecular formula is C15H19F3N2O3S. The van der Waals surface area contributed by atoms with Crippen LogP contribution in [-0.4, -0.2) is 56.9 Å². The van der Waals surface area contributed by atoms with Crippen molar-refractivity contribution in [2.75, 3.05) is 27.2 Å². The predicted molar refractivity (Wildman–Crippen MR) is 82.0 cm³/mol. The molecule has 1 aliphatic rings. The third-order valence-corrected chi connectivity index (χ3v) is 5.54. The van der Waals surface area contributed by atoms with Gasteiger partial charge < -0.3 is 4.90 Å². The zero-order valence-corrected chi connectivity index (χ0v) is 14.2. The number of nitrogens with zero attached hydrogens (tertiary/aromatic N) is 2. The smallest absolute Gasteiger partial charge is 0.329 e. The van der Waals surface area contributed by atoms with Crippen molar-refractivity contribution in [2.24, 2.45) is 5.92 Å². The lowest BCUT2D eigenvalue weighted by Crippen LogP contribution is -2.40. The number of carbonyl (C=O) groups is 1. The molecule has 0 bridgehead atoms. The van der Waals surface area contributed by atoms with Crippen LogP contribution in [-0.2, 0) is 10.0 Å². The highest BCUT2D eigenvalue weighted by Crippen LogP contribution is 2.31. The van der Waals surface area contributed by atoms with Crippen LogP contribution in [0.1, 0.15) is 23.2 Å². The molecule has 5 nitrogen and oxygen atoms in total. The molecule has 0 aromatic heterocycles. The lowest BCUT2D eigenvalue weighted by atomic mass is 10.2. The maximum atomic E-state index is 12.7. The van der Waals surface area contributed by atoms with Crippen LogP contribution in [0.3, 0.4) is 0 Å². The molecule has 0 aliphatic heterocycles. The van der Waals surface area contributed by atoms with Gasteiger partial charge in [0.2, 0.25) is 10.0 Å². The summed E-state index contributed by atoms with van der Waals surface area (Å²) in [5, 5.41) is 0. The van der Waals surface area contributed by atoms with Gasteiger partial charge in [-0.25, -0.2) is 12.7 Å². The minimum absolute atomic E-state index is 0.0198. The van der Waals surface area contributed by atoms with E-state index < -0.39 is 28.7 Å². The number of carbonyl (C=O) groups excluding carboxylic acids is 1. The Morgan fingerprint density at radius 1 is 1.17 bits per heavy atom. The molecule has 0 atom stereocenters. The molecule has 2 rings (SSSR count). The fourth-order valence-electron chi connectivity index (χ4n) is 2.21. The van der Waals surface area contributed by atoms with Crippen molar-refractivity contribution in [2.45, 2.75) is 23.9 Å². The molecule has 1 fully saturated rings. The molecular weight excluding hydrogens is 345 g/mol. The van der Waals surface area contributed by atoms with Crippen molar-refractivity contribution in [3.8, 4) is 0 Å². The van der Waals surface area contributed by atoms with Gasteiger partial charge in [-0.1, -0.05) is 0 Å². The average Bonchev–Trinajstić information content (AvgIpc) is 3.28. The Balaban J connectivity index is 2.20. The molecule has 1 aliphatic carbocycles. The van der Waals surface area contributed by atoms with Crippen molar-refractivity contribution in [1.82, 2.24) is 9.21 Å². The maximum Gasteiger partial charge on any atom is 0.406 e. The molecule has 0 saturated heterocycles. The summed E-state index contributed by atoms with van der Waals surface area (Å²) < 4.78 is 63.0. The molecule has 0 heterocycles. The van der Waals surface area contributed by atoms with Crippen molar-refractivity contribution in [3.63, 3.8) is 0 Å². The van der Waals surface area contributed by atoms with E-state index in [9.17, 15) is 26.4 Å². The topological polar surface area (TPSA) is 57.7 Å². The van der Waals surface area contributed by atoms with Gasteiger partial charge in [-0.15, -0.1) is 0 Å². The fraction of sp³-hybridized carbons (Fsp3) is 0.533. The Kier molecular flexibility index (Phi) is 5.24. The quantitative estimate of drug-likeness (QED) is 0.779. The molecule has 0 spiro atoms. The number of hydrogen-bond donors (Lipinski definition) is 0. The van der Waals surface area contributed by atoms with Crippen molar-refractivity contribution in [1.29, 1.82) is 0 Å². The summed E-state index contributed by atoms with van der Waals surface area (Å²) in [6.07, 6.45) is -2.83. The SMILES string of the molecule is CN(C)S(=O)(=O)c1ccc(C(=O)N(CC2CC2)CC(F)(F)F)cc1. The van der Waals surface area contributed by atoms with Crippen LogP contribution in [0.4, 0.5) is 13.2 Å². The van der Waals surface area contributed by atoms with Crippen molar-refractivity contribution < 1.29 is 26.4 Å². The molecule has 1 amide bonds. The Morgan fingerprint density at radius 2 is 1.71 bits per heavy atom. The highest BCUT2D eigenvalue weighted by molar-refractivity contribution is 7.89. The van der Waals surface area contributed by atoms with Crippen LogP contribution in [0, 0.1) is 5.92 Å². The summed E-state index contributed by atoms with van der Waals surface area (Å²) in [6, 6.07) is 4.95. The molecule has 134 valence electrons. The van der Waals surface area contributed by atoms with Gasteiger partial charge in [-0.05, 0) is 43.0 Å². The van der Waals surface area contributed by atoms with E-state index in [-0.39, 0.29) is 22.9 Å². The lowest BCUT2D eigenvalue weighted by Gasteiger charge is -2.24. The molecule has 24 heavy (non-hydrogen) atoms. The first-order valence-electron chi connectivity index (χ1n) is 7.39. The zero-order valence-electron chi connectivity index (χ0n) is 13.4. The van der Waals surface area contributed by atoms with Crippen LogP contribution >= 0.6 is 0 Å². The van der Waals surface area contributed by atoms with Gasteiger partial charge in [0.15, 0.2) is 0 Å². The van der Waals surface area contributed by atoms with E-state index in [2.05, 4.69) is 0 Å². The summed E-state index contributed by atoms with van der Waals surface area (Å²) in [7, 11) is -0.909. The average molecular weight is 364 g/mol. The Morgan fingerprint density at radius 3 is 2.12 bits per heavy atom. The Labute approximate surface area is 139 Å². The van der Waals surface area contributed by atoms with Crippen LogP contribution in [0.2, 0.25) is 0 Å². The van der Waals surface area contributed by atoms with Gasteiger partial charge in [0.25, 0.3) is 5.91 Å². The van der Waals surface area contributed by atoms with E-state index in [4.69, 9.17) is 0 Å². The number of halogens is 3. The van der Waals surface area contributed by atoms with E-state index in [1.807, 2.05) is 0 Å². The van der Waals surface area contributed by atoms with Gasteiger partial charge in [0, 0.05) is 26.2 Å². The van der Waals surface area contributed by atoms with Gasteiger partial charge in [-0.2, -0.15) is 13.2 Å². The molecule has 1 aromatic rings. The number of alkyl halides is 3. The second-order valence-corrected chi connectivity index (χ2v) is 8.21. The lowest BCUT2D eigenvalue weighted by molar-refractivity contribution is -0.141. The Bertz CT molecular complexity index is 696. The largest absolute Gasteiger partial charge is 0.406 e. The molecule has 1 aromatic carbocycles. The summed E-state index contributed by atoms with van der Waals surface area (Å²) in [4.78, 5) is 13.1. The first-order valence-corrected chi connectivity index (χ1v) is 8.83. The number of hydrogen-bond acceptors (Lipinski definition) is 3. The van der Waals surface area contributed by atoms with E-state index in [1.165, 1.54) is 38.4 Å². The second-order valence-electron chi connectivity index (χ2n) is 6.06. The van der Waals surface area contributed by atoms with Gasteiger partial charge in [-0.3, -0.25) is 4.79 Å². The molecule has 0 unspecified atom stereocenters. The summed E-state index contributed by atoms with van der Waals surface area (Å²) in [5.74, 6) is -0.627. The standard InChI is InChI=1S/C15H19F3N2O3S/c1-19(2)24(22,23)13-7-5-12(6-8-13)14(21)20(9-11-3-4-11)10-15(16,17)18/h5-8,11H,3-4,9-10H2,1-2H3. The first-order chi connectivity index (χ1) is 11.0. The van der Waals surface area contributed by atoms with Gasteiger partial charge >= 0.3 is 6.18 Å². The second kappa shape index (κ2) is 6.72. The third kappa shape index (κ3) is 4.70. The number of benzene rings is 1. The first kappa shape index (κ1) is 18.7. The van der Waals surface area contributed by atoms with E-state index in [0.717, 1.165) is 22.0 Å². The minimum atomic E-state index is -4.47. The van der Waals surface area contributed by atoms with E-state index >= 15 is 0 Å². The van der Waals surface area contributed by atoms with Crippen molar-refractivity contribution >= 4 is 15.9 Å². The summed E-state index contributed by atoms with van der Waals surface area (Å²) in [5.41, 5.74) is 0.0395. The monoisotopic (exact) mass is 364 g/mol. The van der Waals surface area contributed by atoms with Gasteiger partial charge in [0.05, 0.1) is 4.90 Å². The predicted octanol–water partition coefficient (Wildman–Crippen LogP) is 2.35. The van der Waals surface area contributed by atoms with Crippen LogP contribution < -0.4 is 0 Å². The zero-order chi connectivity index (χ0) is 18.1. The highest BCUT2D eigenvalue weighted by Gasteiger charge is 2.36. The molecule has 9 heteroatoms. The number of amides is 1. The van der Waals surface area contributed by atoms with Crippen LogP contribution in [0.15, 0.2) is 29.2 Å². The molecule has 1 saturated carbocycles. The summed E-state index contributed by atoms with van der Waals surface area (Å²) in [6.45, 7) is -1.24. The fourth-order valence-corrected chi connectivity index (χ4v) is 3.11. The van der Waals surface area contributed by atoms with Crippen LogP contribution in [0.25, 0.3) is 0 Å². The Hall–Kier alpha value is -1.61. The van der Waals surface area contributed by atoms with Gasteiger partial charge in [0.1, 0.15) is 6.54 Å². The molecule has 0 N–H and O–H groups in total. The van der Waals surface area contributed by atoms with E-state index in [1.54, 1.807) is 0 Å². The number of sulfonamides is 1. The highest BCUT2D eigenvalue weighted by atomic mass is 32.2. The van der Waals surface area contributed by atoms with E-state index in [0.29, 0.717) is 0 Å². The minimum Gasteiger partial charge on any atom is -0.329 e. The van der Waals surface area contributed by atoms with Crippen LogP contribution in [0.5, 0.6) is 0 Å². The van der Waals surface area contributed by atoms with Crippen molar-refractivity contribution in [3.05, 3.63) is 29.8 Å². The third-order valence-electron chi connectivity index (χ3n) is 3.71. The maximum absolute atomic E-state index is 12.7. The summed E-state index contributed by atoms with van der Waals surface area (Å²) >= 11 is 0.